The molecule has 2 heterocycles. The van der Waals surface area contributed by atoms with Crippen LogP contribution >= 0.6 is 0 Å². The topological polar surface area (TPSA) is 216 Å². The molecule has 13 nitrogen and oxygen atoms in total. The minimum Gasteiger partial charge on any atom is -0.432 e. The lowest BCUT2D eigenvalue weighted by Crippen LogP contribution is -2.68. The molecule has 0 aromatic heterocycles. The van der Waals surface area contributed by atoms with Gasteiger partial charge in [0.2, 0.25) is 6.29 Å². The standard InChI is InChI=1S/C40H64O13/c1-19-10-15-40(34(48)53-33-29(46)26(43)27(44)31(47)52-33)17-16-37(5)20(30(40)39(19,7)49)8-9-23-36(4)13-12-24(35(2,3)22(36)11-14-38(23,37)6)51-32-28(45)25(42)21(41)18-50-32/h8,19,21-33,41-47,49H,9-18H2,1-7H3. The maximum absolute atomic E-state index is 14.5. The van der Waals surface area contributed by atoms with Crippen molar-refractivity contribution in [2.24, 2.45) is 50.7 Å². The first kappa shape index (κ1) is 40.0. The average Bonchev–Trinajstić information content (AvgIpc) is 3.09. The number of ether oxygens (including phenoxy) is 4. The first-order valence-corrected chi connectivity index (χ1v) is 19.9. The molecule has 8 N–H and O–H groups in total. The Hall–Kier alpha value is -1.23. The summed E-state index contributed by atoms with van der Waals surface area (Å²) in [7, 11) is 0. The molecule has 0 aromatic rings. The average molecular weight is 753 g/mol. The molecule has 7 rings (SSSR count). The normalized spacial score (nSPS) is 56.5. The Morgan fingerprint density at radius 2 is 1.45 bits per heavy atom. The van der Waals surface area contributed by atoms with Crippen LogP contribution in [-0.4, -0.2) is 121 Å². The van der Waals surface area contributed by atoms with Gasteiger partial charge in [-0.15, -0.1) is 0 Å². The van der Waals surface area contributed by atoms with E-state index in [0.717, 1.165) is 37.7 Å². The second-order valence-corrected chi connectivity index (χ2v) is 19.6. The van der Waals surface area contributed by atoms with Gasteiger partial charge in [-0.2, -0.15) is 0 Å². The highest BCUT2D eigenvalue weighted by atomic mass is 16.8. The van der Waals surface area contributed by atoms with Crippen molar-refractivity contribution in [2.45, 2.75) is 173 Å². The van der Waals surface area contributed by atoms with Crippen LogP contribution in [0.1, 0.15) is 106 Å². The molecule has 2 saturated heterocycles. The molecule has 19 atom stereocenters. The molecular formula is C40H64O13. The fourth-order valence-corrected chi connectivity index (χ4v) is 13.3. The quantitative estimate of drug-likeness (QED) is 0.117. The first-order valence-electron chi connectivity index (χ1n) is 19.9. The lowest BCUT2D eigenvalue weighted by atomic mass is 9.33. The second-order valence-electron chi connectivity index (χ2n) is 19.6. The summed E-state index contributed by atoms with van der Waals surface area (Å²) in [5.74, 6) is -0.761. The van der Waals surface area contributed by atoms with Crippen LogP contribution in [0.3, 0.4) is 0 Å². The van der Waals surface area contributed by atoms with Crippen molar-refractivity contribution >= 4 is 5.97 Å². The van der Waals surface area contributed by atoms with E-state index in [1.807, 2.05) is 13.8 Å². The fraction of sp³-hybridized carbons (Fsp3) is 0.925. The van der Waals surface area contributed by atoms with E-state index in [9.17, 15) is 45.6 Å². The van der Waals surface area contributed by atoms with Crippen molar-refractivity contribution in [1.82, 2.24) is 0 Å². The van der Waals surface area contributed by atoms with Gasteiger partial charge in [-0.3, -0.25) is 4.79 Å². The van der Waals surface area contributed by atoms with Gasteiger partial charge in [-0.05, 0) is 104 Å². The molecule has 19 unspecified atom stereocenters. The molecular weight excluding hydrogens is 688 g/mol. The number of allylic oxidation sites excluding steroid dienone is 1. The van der Waals surface area contributed by atoms with Gasteiger partial charge in [-0.1, -0.05) is 53.2 Å². The summed E-state index contributed by atoms with van der Waals surface area (Å²) in [5.41, 5.74) is -2.20. The van der Waals surface area contributed by atoms with Gasteiger partial charge in [0.25, 0.3) is 0 Å². The number of hydrogen-bond donors (Lipinski definition) is 8. The minimum atomic E-state index is -1.85. The molecule has 0 amide bonds. The molecule has 0 bridgehead atoms. The second kappa shape index (κ2) is 13.2. The molecule has 13 heteroatoms. The molecule has 302 valence electrons. The van der Waals surface area contributed by atoms with Crippen LogP contribution in [0.5, 0.6) is 0 Å². The zero-order valence-electron chi connectivity index (χ0n) is 32.4. The molecule has 0 radical (unpaired) electrons. The van der Waals surface area contributed by atoms with Gasteiger partial charge >= 0.3 is 5.97 Å². The first-order chi connectivity index (χ1) is 24.6. The number of esters is 1. The molecule has 7 aliphatic rings. The maximum atomic E-state index is 14.5. The van der Waals surface area contributed by atoms with Crippen LogP contribution in [0.2, 0.25) is 0 Å². The number of rotatable bonds is 4. The van der Waals surface area contributed by atoms with E-state index in [-0.39, 0.29) is 46.2 Å². The monoisotopic (exact) mass is 752 g/mol. The Kier molecular flexibility index (Phi) is 9.93. The molecule has 0 spiro atoms. The van der Waals surface area contributed by atoms with E-state index in [2.05, 4.69) is 40.7 Å². The number of hydrogen-bond acceptors (Lipinski definition) is 13. The van der Waals surface area contributed by atoms with Gasteiger partial charge in [0.05, 0.1) is 23.7 Å². The van der Waals surface area contributed by atoms with Crippen molar-refractivity contribution < 1.29 is 64.6 Å². The lowest BCUT2D eigenvalue weighted by Gasteiger charge is -2.72. The van der Waals surface area contributed by atoms with Crippen LogP contribution in [0.15, 0.2) is 11.6 Å². The fourth-order valence-electron chi connectivity index (χ4n) is 13.3. The lowest BCUT2D eigenvalue weighted by molar-refractivity contribution is -0.335. The van der Waals surface area contributed by atoms with E-state index >= 15 is 0 Å². The zero-order chi connectivity index (χ0) is 38.8. The number of carbonyl (C=O) groups excluding carboxylic acids is 1. The van der Waals surface area contributed by atoms with E-state index in [0.29, 0.717) is 31.6 Å². The van der Waals surface area contributed by atoms with Gasteiger partial charge in [0.1, 0.15) is 36.6 Å². The number of aliphatic hydroxyl groups excluding tert-OH is 7. The minimum absolute atomic E-state index is 0.0698. The van der Waals surface area contributed by atoms with Crippen LogP contribution in [0, 0.1) is 50.7 Å². The highest BCUT2D eigenvalue weighted by Gasteiger charge is 2.72. The van der Waals surface area contributed by atoms with Crippen LogP contribution < -0.4 is 0 Å². The molecule has 2 aliphatic heterocycles. The summed E-state index contributed by atoms with van der Waals surface area (Å²) in [5, 5.41) is 84.6. The molecule has 6 fully saturated rings. The Labute approximate surface area is 312 Å². The third kappa shape index (κ3) is 5.61. The predicted molar refractivity (Wildman–Crippen MR) is 188 cm³/mol. The van der Waals surface area contributed by atoms with Crippen LogP contribution in [0.25, 0.3) is 0 Å². The van der Waals surface area contributed by atoms with Crippen LogP contribution in [0.4, 0.5) is 0 Å². The van der Waals surface area contributed by atoms with Crippen molar-refractivity contribution in [2.75, 3.05) is 6.61 Å². The summed E-state index contributed by atoms with van der Waals surface area (Å²) in [6, 6.07) is 0. The van der Waals surface area contributed by atoms with Gasteiger partial charge in [-0.25, -0.2) is 0 Å². The number of carbonyl (C=O) groups is 1. The van der Waals surface area contributed by atoms with Crippen molar-refractivity contribution in [3.8, 4) is 0 Å². The predicted octanol–water partition coefficient (Wildman–Crippen LogP) is 1.88. The molecule has 53 heavy (non-hydrogen) atoms. The summed E-state index contributed by atoms with van der Waals surface area (Å²) < 4.78 is 23.2. The summed E-state index contributed by atoms with van der Waals surface area (Å²) in [6.07, 6.45) is -5.18. The Bertz CT molecular complexity index is 1450. The Morgan fingerprint density at radius 3 is 2.15 bits per heavy atom. The Balaban J connectivity index is 1.19. The number of fused-ring (bicyclic) bond motifs is 7. The van der Waals surface area contributed by atoms with Crippen molar-refractivity contribution in [1.29, 1.82) is 0 Å². The van der Waals surface area contributed by atoms with Gasteiger partial charge in [0, 0.05) is 5.92 Å². The highest BCUT2D eigenvalue weighted by Crippen LogP contribution is 2.76. The van der Waals surface area contributed by atoms with E-state index in [1.54, 1.807) is 0 Å². The summed E-state index contributed by atoms with van der Waals surface area (Å²) >= 11 is 0. The summed E-state index contributed by atoms with van der Waals surface area (Å²) in [6.45, 7) is 15.4. The Morgan fingerprint density at radius 1 is 0.774 bits per heavy atom. The van der Waals surface area contributed by atoms with Gasteiger partial charge in [0.15, 0.2) is 12.6 Å². The van der Waals surface area contributed by atoms with Crippen molar-refractivity contribution in [3.05, 3.63) is 11.6 Å². The number of aliphatic hydroxyl groups is 8. The van der Waals surface area contributed by atoms with Crippen molar-refractivity contribution in [3.63, 3.8) is 0 Å². The molecule has 5 aliphatic carbocycles. The largest absolute Gasteiger partial charge is 0.432 e. The third-order valence-corrected chi connectivity index (χ3v) is 16.9. The summed E-state index contributed by atoms with van der Waals surface area (Å²) in [4.78, 5) is 14.5. The third-order valence-electron chi connectivity index (χ3n) is 16.9. The van der Waals surface area contributed by atoms with E-state index < -0.39 is 78.4 Å². The highest BCUT2D eigenvalue weighted by molar-refractivity contribution is 5.79. The zero-order valence-corrected chi connectivity index (χ0v) is 32.4. The van der Waals surface area contributed by atoms with E-state index in [1.165, 1.54) is 0 Å². The van der Waals surface area contributed by atoms with Gasteiger partial charge < -0.3 is 59.8 Å². The smallest absolute Gasteiger partial charge is 0.315 e. The van der Waals surface area contributed by atoms with E-state index in [4.69, 9.17) is 18.9 Å². The SMILES string of the molecule is CC1CCC2(C(=O)OC3OC(O)C(O)C(O)C3O)CCC3(C)C(=CCC4C5(C)CCC(OC6OCC(O)C(O)C6O)C(C)(C)C5CCC43C)C2C1(C)O. The molecule has 0 aromatic carbocycles. The maximum Gasteiger partial charge on any atom is 0.315 e. The van der Waals surface area contributed by atoms with Crippen LogP contribution in [-0.2, 0) is 23.7 Å². The molecule has 4 saturated carbocycles.